The molecule has 2 aliphatic carbocycles. The first-order chi connectivity index (χ1) is 4.36. The topological polar surface area (TPSA) is 20.2 Å². The van der Waals surface area contributed by atoms with Gasteiger partial charge in [-0.25, -0.2) is 0 Å². The molecule has 0 radical (unpaired) electrons. The summed E-state index contributed by atoms with van der Waals surface area (Å²) < 4.78 is 0. The maximum Gasteiger partial charge on any atom is 0.0571 e. The molecule has 1 nitrogen and oxygen atoms in total. The molecule has 0 aromatic heterocycles. The van der Waals surface area contributed by atoms with Crippen LogP contribution in [0.2, 0.25) is 0 Å². The minimum absolute atomic E-state index is 0.0671. The van der Waals surface area contributed by atoms with Crippen molar-refractivity contribution in [1.29, 1.82) is 0 Å². The summed E-state index contributed by atoms with van der Waals surface area (Å²) in [6.45, 7) is 0. The lowest BCUT2D eigenvalue weighted by molar-refractivity contribution is 0.129. The van der Waals surface area contributed by atoms with Gasteiger partial charge in [-0.15, -0.1) is 0 Å². The molecule has 0 saturated heterocycles. The molecule has 2 bridgehead atoms. The molecule has 2 fully saturated rings. The number of fused-ring (bicyclic) bond motifs is 2. The Morgan fingerprint density at radius 3 is 2.67 bits per heavy atom. The van der Waals surface area contributed by atoms with Crippen molar-refractivity contribution in [3.8, 4) is 0 Å². The number of rotatable bonds is 0. The van der Waals surface area contributed by atoms with E-state index in [4.69, 9.17) is 0 Å². The predicted molar refractivity (Wildman–Crippen MR) is 36.1 cm³/mol. The molecule has 9 heavy (non-hydrogen) atoms. The van der Waals surface area contributed by atoms with Gasteiger partial charge in [-0.05, 0) is 31.1 Å². The Hall–Kier alpha value is -0.0400. The molecule has 0 aliphatic heterocycles. The molecule has 0 heterocycles. The van der Waals surface area contributed by atoms with E-state index in [9.17, 15) is 5.11 Å². The second-order valence-corrected chi connectivity index (χ2v) is 3.60. The van der Waals surface area contributed by atoms with Crippen LogP contribution in [0.1, 0.15) is 32.1 Å². The van der Waals surface area contributed by atoms with Crippen LogP contribution in [0.4, 0.5) is 0 Å². The molecule has 52 valence electrons. The van der Waals surface area contributed by atoms with Gasteiger partial charge in [-0.3, -0.25) is 0 Å². The molecule has 0 aromatic carbocycles. The van der Waals surface area contributed by atoms with Crippen molar-refractivity contribution in [2.24, 2.45) is 11.8 Å². The Balaban J connectivity index is 2.07. The molecule has 2 saturated carbocycles. The molecule has 0 unspecified atom stereocenters. The Bertz CT molecular complexity index is 109. The van der Waals surface area contributed by atoms with E-state index in [2.05, 4.69) is 0 Å². The second kappa shape index (κ2) is 1.98. The highest BCUT2D eigenvalue weighted by molar-refractivity contribution is 4.86. The lowest BCUT2D eigenvalue weighted by Crippen LogP contribution is -2.12. The van der Waals surface area contributed by atoms with Gasteiger partial charge in [0.05, 0.1) is 6.10 Å². The normalized spacial score (nSPS) is 49.7. The zero-order valence-corrected chi connectivity index (χ0v) is 5.71. The number of aliphatic hydroxyl groups excluding tert-OH is 1. The fourth-order valence-corrected chi connectivity index (χ4v) is 2.43. The highest BCUT2D eigenvalue weighted by atomic mass is 16.3. The summed E-state index contributed by atoms with van der Waals surface area (Å²) >= 11 is 0. The van der Waals surface area contributed by atoms with Gasteiger partial charge in [-0.1, -0.05) is 12.8 Å². The minimum atomic E-state index is 0.0671. The first-order valence-electron chi connectivity index (χ1n) is 4.04. The van der Waals surface area contributed by atoms with Crippen LogP contribution in [-0.2, 0) is 0 Å². The zero-order valence-electron chi connectivity index (χ0n) is 5.71. The van der Waals surface area contributed by atoms with Crippen molar-refractivity contribution < 1.29 is 5.11 Å². The maximum atomic E-state index is 9.40. The Morgan fingerprint density at radius 1 is 1.11 bits per heavy atom. The highest BCUT2D eigenvalue weighted by Gasteiger charge is 2.35. The fraction of sp³-hybridized carbons (Fsp3) is 1.00. The van der Waals surface area contributed by atoms with Crippen LogP contribution in [0.3, 0.4) is 0 Å². The van der Waals surface area contributed by atoms with Gasteiger partial charge in [0.15, 0.2) is 0 Å². The number of hydrogen-bond donors (Lipinski definition) is 1. The fourth-order valence-electron chi connectivity index (χ4n) is 2.43. The Kier molecular flexibility index (Phi) is 1.26. The van der Waals surface area contributed by atoms with Crippen molar-refractivity contribution in [2.75, 3.05) is 0 Å². The Labute approximate surface area is 56.1 Å². The van der Waals surface area contributed by atoms with E-state index in [1.165, 1.54) is 25.7 Å². The van der Waals surface area contributed by atoms with Crippen molar-refractivity contribution >= 4 is 0 Å². The van der Waals surface area contributed by atoms with E-state index < -0.39 is 0 Å². The molecular weight excluding hydrogens is 112 g/mol. The molecule has 1 heteroatoms. The summed E-state index contributed by atoms with van der Waals surface area (Å²) in [5, 5.41) is 9.40. The molecule has 2 aliphatic rings. The van der Waals surface area contributed by atoms with Gasteiger partial charge < -0.3 is 5.11 Å². The smallest absolute Gasteiger partial charge is 0.0571 e. The average molecular weight is 126 g/mol. The number of hydrogen-bond acceptors (Lipinski definition) is 1. The summed E-state index contributed by atoms with van der Waals surface area (Å²) in [7, 11) is 0. The summed E-state index contributed by atoms with van der Waals surface area (Å²) in [6, 6.07) is 0. The van der Waals surface area contributed by atoms with E-state index >= 15 is 0 Å². The van der Waals surface area contributed by atoms with Crippen LogP contribution in [-0.4, -0.2) is 11.2 Å². The molecule has 0 aromatic rings. The van der Waals surface area contributed by atoms with Gasteiger partial charge in [0.2, 0.25) is 0 Å². The average Bonchev–Trinajstić information content (AvgIpc) is 2.09. The van der Waals surface area contributed by atoms with Crippen LogP contribution < -0.4 is 0 Å². The minimum Gasteiger partial charge on any atom is -0.393 e. The monoisotopic (exact) mass is 126 g/mol. The zero-order chi connectivity index (χ0) is 6.27. The lowest BCUT2D eigenvalue weighted by atomic mass is 9.89. The largest absolute Gasteiger partial charge is 0.393 e. The lowest BCUT2D eigenvalue weighted by Gasteiger charge is -2.17. The van der Waals surface area contributed by atoms with Crippen molar-refractivity contribution in [3.05, 3.63) is 0 Å². The number of aliphatic hydroxyl groups is 1. The summed E-state index contributed by atoms with van der Waals surface area (Å²) in [5.41, 5.74) is 0. The first kappa shape index (κ1) is 5.72. The third kappa shape index (κ3) is 0.877. The van der Waals surface area contributed by atoms with Crippen LogP contribution in [0.5, 0.6) is 0 Å². The maximum absolute atomic E-state index is 9.40. The highest BCUT2D eigenvalue weighted by Crippen LogP contribution is 2.41. The molecule has 0 spiro atoms. The van der Waals surface area contributed by atoms with Gasteiger partial charge in [-0.2, -0.15) is 0 Å². The van der Waals surface area contributed by atoms with E-state index in [1.54, 1.807) is 0 Å². The summed E-state index contributed by atoms with van der Waals surface area (Å²) in [4.78, 5) is 0. The van der Waals surface area contributed by atoms with Crippen LogP contribution in [0, 0.1) is 11.8 Å². The van der Waals surface area contributed by atoms with E-state index in [-0.39, 0.29) is 6.10 Å². The molecule has 2 rings (SSSR count). The molecule has 0 amide bonds. The molecule has 3 atom stereocenters. The third-order valence-corrected chi connectivity index (χ3v) is 2.94. The molecule has 1 N–H and O–H groups in total. The van der Waals surface area contributed by atoms with Crippen LogP contribution in [0.25, 0.3) is 0 Å². The molecular formula is C8H14O. The first-order valence-corrected chi connectivity index (χ1v) is 4.04. The van der Waals surface area contributed by atoms with Gasteiger partial charge in [0.25, 0.3) is 0 Å². The van der Waals surface area contributed by atoms with Crippen molar-refractivity contribution in [2.45, 2.75) is 38.2 Å². The van der Waals surface area contributed by atoms with E-state index in [1.807, 2.05) is 0 Å². The third-order valence-electron chi connectivity index (χ3n) is 2.94. The summed E-state index contributed by atoms with van der Waals surface area (Å²) in [5.74, 6) is 1.57. The van der Waals surface area contributed by atoms with E-state index in [0.29, 0.717) is 5.92 Å². The quantitative estimate of drug-likeness (QED) is 0.522. The van der Waals surface area contributed by atoms with Crippen molar-refractivity contribution in [3.63, 3.8) is 0 Å². The van der Waals surface area contributed by atoms with Crippen molar-refractivity contribution in [1.82, 2.24) is 0 Å². The van der Waals surface area contributed by atoms with Crippen LogP contribution in [0.15, 0.2) is 0 Å². The summed E-state index contributed by atoms with van der Waals surface area (Å²) in [6.07, 6.45) is 6.53. The van der Waals surface area contributed by atoms with Gasteiger partial charge in [0.1, 0.15) is 0 Å². The SMILES string of the molecule is O[C@@H]1C[C@H]2CCC[C@@H]1C2. The van der Waals surface area contributed by atoms with Gasteiger partial charge >= 0.3 is 0 Å². The Morgan fingerprint density at radius 2 is 2.00 bits per heavy atom. The predicted octanol–water partition coefficient (Wildman–Crippen LogP) is 1.56. The second-order valence-electron chi connectivity index (χ2n) is 3.60. The van der Waals surface area contributed by atoms with E-state index in [0.717, 1.165) is 12.3 Å². The standard InChI is InChI=1S/C8H14O/c9-8-5-6-2-1-3-7(8)4-6/h6-9H,1-5H2/t6-,7+,8+/m0/s1. The van der Waals surface area contributed by atoms with Crippen LogP contribution >= 0.6 is 0 Å². The van der Waals surface area contributed by atoms with Gasteiger partial charge in [0, 0.05) is 0 Å².